The molecule has 0 unspecified atom stereocenters. The molecule has 0 aromatic heterocycles. The van der Waals surface area contributed by atoms with Gasteiger partial charge in [0.2, 0.25) is 0 Å². The van der Waals surface area contributed by atoms with Crippen LogP contribution in [0.5, 0.6) is 5.75 Å². The molecule has 0 radical (unpaired) electrons. The minimum Gasteiger partial charge on any atom is -0.492 e. The molecule has 0 aliphatic rings. The zero-order chi connectivity index (χ0) is 24.9. The first kappa shape index (κ1) is 25.3. The zero-order valence-corrected chi connectivity index (χ0v) is 20.0. The maximum absolute atomic E-state index is 12.9. The number of benzene rings is 3. The molecule has 0 aliphatic heterocycles. The van der Waals surface area contributed by atoms with E-state index in [9.17, 15) is 22.8 Å². The molecule has 0 aliphatic carbocycles. The largest absolute Gasteiger partial charge is 0.492 e. The summed E-state index contributed by atoms with van der Waals surface area (Å²) in [6.07, 6.45) is -4.51. The molecule has 2 N–H and O–H groups in total. The van der Waals surface area contributed by atoms with Gasteiger partial charge in [0, 0.05) is 21.4 Å². The van der Waals surface area contributed by atoms with Crippen molar-refractivity contribution in [3.63, 3.8) is 0 Å². The topological polar surface area (TPSA) is 67.4 Å². The molecule has 3 aromatic rings. The van der Waals surface area contributed by atoms with Gasteiger partial charge in [-0.3, -0.25) is 9.59 Å². The molecule has 5 nitrogen and oxygen atoms in total. The quantitative estimate of drug-likeness (QED) is 0.342. The van der Waals surface area contributed by atoms with Crippen molar-refractivity contribution in [2.45, 2.75) is 20.0 Å². The van der Waals surface area contributed by atoms with E-state index in [4.69, 9.17) is 4.74 Å². The van der Waals surface area contributed by atoms with Gasteiger partial charge in [-0.25, -0.2) is 0 Å². The van der Waals surface area contributed by atoms with Gasteiger partial charge >= 0.3 is 6.18 Å². The lowest BCUT2D eigenvalue weighted by Gasteiger charge is -2.14. The summed E-state index contributed by atoms with van der Waals surface area (Å²) in [5, 5.41) is 5.20. The van der Waals surface area contributed by atoms with Crippen LogP contribution < -0.4 is 15.4 Å². The maximum atomic E-state index is 12.9. The summed E-state index contributed by atoms with van der Waals surface area (Å²) in [5.74, 6) is -0.226. The van der Waals surface area contributed by atoms with Gasteiger partial charge in [0.25, 0.3) is 11.8 Å². The molecule has 0 fully saturated rings. The standard InChI is InChI=1S/C25H22BrF3N2O3/c1-15(2)14-34-22-11-8-18(26)13-21(22)24(33)30-19-9-6-16(7-10-19)23(32)31-20-5-3-4-17(12-20)25(27,28)29/h3-13,15H,14H2,1-2H3,(H,30,33)(H,31,32). The molecule has 178 valence electrons. The van der Waals surface area contributed by atoms with Crippen molar-refractivity contribution >= 4 is 39.1 Å². The van der Waals surface area contributed by atoms with Crippen LogP contribution in [0.3, 0.4) is 0 Å². The van der Waals surface area contributed by atoms with E-state index in [1.54, 1.807) is 18.2 Å². The predicted molar refractivity (Wildman–Crippen MR) is 128 cm³/mol. The van der Waals surface area contributed by atoms with Crippen molar-refractivity contribution in [2.75, 3.05) is 17.2 Å². The number of amides is 2. The first-order valence-corrected chi connectivity index (χ1v) is 11.1. The van der Waals surface area contributed by atoms with Crippen LogP contribution in [-0.4, -0.2) is 18.4 Å². The van der Waals surface area contributed by atoms with E-state index in [0.717, 1.165) is 16.6 Å². The minimum atomic E-state index is -4.51. The van der Waals surface area contributed by atoms with Gasteiger partial charge in [-0.15, -0.1) is 0 Å². The molecule has 0 spiro atoms. The van der Waals surface area contributed by atoms with Crippen molar-refractivity contribution in [1.29, 1.82) is 0 Å². The lowest BCUT2D eigenvalue weighted by Crippen LogP contribution is -2.16. The Labute approximate surface area is 203 Å². The molecule has 0 atom stereocenters. The molecular weight excluding hydrogens is 513 g/mol. The number of anilines is 2. The van der Waals surface area contributed by atoms with Gasteiger partial charge in [-0.05, 0) is 66.6 Å². The van der Waals surface area contributed by atoms with Crippen molar-refractivity contribution in [1.82, 2.24) is 0 Å². The maximum Gasteiger partial charge on any atom is 0.416 e. The van der Waals surface area contributed by atoms with Crippen LogP contribution in [0.2, 0.25) is 0 Å². The smallest absolute Gasteiger partial charge is 0.416 e. The van der Waals surface area contributed by atoms with E-state index >= 15 is 0 Å². The van der Waals surface area contributed by atoms with Crippen LogP contribution in [0.15, 0.2) is 71.2 Å². The van der Waals surface area contributed by atoms with Crippen molar-refractivity contribution < 1.29 is 27.5 Å². The third-order valence-corrected chi connectivity index (χ3v) is 5.10. The van der Waals surface area contributed by atoms with Crippen LogP contribution >= 0.6 is 15.9 Å². The Morgan fingerprint density at radius 2 is 1.59 bits per heavy atom. The monoisotopic (exact) mass is 534 g/mol. The van der Waals surface area contributed by atoms with Gasteiger partial charge in [-0.1, -0.05) is 35.8 Å². The van der Waals surface area contributed by atoms with Crippen molar-refractivity contribution in [2.24, 2.45) is 5.92 Å². The second-order valence-corrected chi connectivity index (χ2v) is 8.83. The van der Waals surface area contributed by atoms with E-state index in [-0.39, 0.29) is 23.1 Å². The third-order valence-electron chi connectivity index (χ3n) is 4.61. The van der Waals surface area contributed by atoms with E-state index in [1.165, 1.54) is 36.4 Å². The molecule has 0 saturated carbocycles. The Bertz CT molecular complexity index is 1180. The van der Waals surface area contributed by atoms with Crippen LogP contribution in [0.1, 0.15) is 40.1 Å². The fourth-order valence-corrected chi connectivity index (χ4v) is 3.30. The summed E-state index contributed by atoms with van der Waals surface area (Å²) < 4.78 is 45.1. The SMILES string of the molecule is CC(C)COc1ccc(Br)cc1C(=O)Nc1ccc(C(=O)Nc2cccc(C(F)(F)F)c2)cc1. The molecule has 9 heteroatoms. The molecule has 0 bridgehead atoms. The summed E-state index contributed by atoms with van der Waals surface area (Å²) in [4.78, 5) is 25.3. The average Bonchev–Trinajstić information content (AvgIpc) is 2.78. The van der Waals surface area contributed by atoms with Gasteiger partial charge < -0.3 is 15.4 Å². The Morgan fingerprint density at radius 1 is 0.912 bits per heavy atom. The highest BCUT2D eigenvalue weighted by molar-refractivity contribution is 9.10. The summed E-state index contributed by atoms with van der Waals surface area (Å²) >= 11 is 3.36. The number of carbonyl (C=O) groups excluding carboxylic acids is 2. The van der Waals surface area contributed by atoms with E-state index in [1.807, 2.05) is 13.8 Å². The molecular formula is C25H22BrF3N2O3. The number of ether oxygens (including phenoxy) is 1. The number of rotatable bonds is 7. The second-order valence-electron chi connectivity index (χ2n) is 7.91. The van der Waals surface area contributed by atoms with Crippen molar-refractivity contribution in [3.8, 4) is 5.75 Å². The third kappa shape index (κ3) is 6.84. The number of hydrogen-bond acceptors (Lipinski definition) is 3. The average molecular weight is 535 g/mol. The molecule has 3 rings (SSSR count). The van der Waals surface area contributed by atoms with Gasteiger partial charge in [0.15, 0.2) is 0 Å². The summed E-state index contributed by atoms with van der Waals surface area (Å²) in [7, 11) is 0. The predicted octanol–water partition coefficient (Wildman–Crippen LogP) is 7.01. The summed E-state index contributed by atoms with van der Waals surface area (Å²) in [6.45, 7) is 4.46. The zero-order valence-electron chi connectivity index (χ0n) is 18.4. The number of alkyl halides is 3. The van der Waals surface area contributed by atoms with Gasteiger partial charge in [0.05, 0.1) is 17.7 Å². The molecule has 0 heterocycles. The first-order chi connectivity index (χ1) is 16.0. The highest BCUT2D eigenvalue weighted by Gasteiger charge is 2.30. The Kier molecular flexibility index (Phi) is 7.98. The van der Waals surface area contributed by atoms with Crippen LogP contribution in [0.25, 0.3) is 0 Å². The normalized spacial score (nSPS) is 11.3. The Hall–Kier alpha value is -3.33. The van der Waals surface area contributed by atoms with Crippen LogP contribution in [0.4, 0.5) is 24.5 Å². The van der Waals surface area contributed by atoms with Gasteiger partial charge in [-0.2, -0.15) is 13.2 Å². The first-order valence-electron chi connectivity index (χ1n) is 10.4. The number of halogens is 4. The molecule has 0 saturated heterocycles. The fourth-order valence-electron chi connectivity index (χ4n) is 2.94. The fraction of sp³-hybridized carbons (Fsp3) is 0.200. The highest BCUT2D eigenvalue weighted by atomic mass is 79.9. The van der Waals surface area contributed by atoms with Gasteiger partial charge in [0.1, 0.15) is 5.75 Å². The van der Waals surface area contributed by atoms with Crippen LogP contribution in [-0.2, 0) is 6.18 Å². The molecule has 3 aromatic carbocycles. The van der Waals surface area contributed by atoms with E-state index in [0.29, 0.717) is 23.6 Å². The summed E-state index contributed by atoms with van der Waals surface area (Å²) in [6, 6.07) is 15.5. The van der Waals surface area contributed by atoms with E-state index in [2.05, 4.69) is 26.6 Å². The molecule has 34 heavy (non-hydrogen) atoms. The number of nitrogens with one attached hydrogen (secondary N) is 2. The highest BCUT2D eigenvalue weighted by Crippen LogP contribution is 2.31. The number of hydrogen-bond donors (Lipinski definition) is 2. The Morgan fingerprint density at radius 3 is 2.24 bits per heavy atom. The minimum absolute atomic E-state index is 0.0285. The van der Waals surface area contributed by atoms with Crippen molar-refractivity contribution in [3.05, 3.63) is 87.9 Å². The lowest BCUT2D eigenvalue weighted by atomic mass is 10.1. The lowest BCUT2D eigenvalue weighted by molar-refractivity contribution is -0.137. The summed E-state index contributed by atoms with van der Waals surface area (Å²) in [5.41, 5.74) is 0.184. The molecule has 2 amide bonds. The second kappa shape index (κ2) is 10.7. The van der Waals surface area contributed by atoms with Crippen LogP contribution in [0, 0.1) is 5.92 Å². The number of carbonyl (C=O) groups is 2. The Balaban J connectivity index is 1.69. The van der Waals surface area contributed by atoms with E-state index < -0.39 is 17.6 Å².